The van der Waals surface area contributed by atoms with Gasteiger partial charge in [-0.25, -0.2) is 8.78 Å². The number of phenols is 1. The first-order chi connectivity index (χ1) is 21.4. The van der Waals surface area contributed by atoms with Crippen molar-refractivity contribution in [2.45, 2.75) is 49.7 Å². The number of aromatic hydroxyl groups is 1. The van der Waals surface area contributed by atoms with Gasteiger partial charge in [0.2, 0.25) is 0 Å². The fraction of sp³-hybridized carbons (Fsp3) is 0.441. The summed E-state index contributed by atoms with van der Waals surface area (Å²) >= 11 is 0. The van der Waals surface area contributed by atoms with Crippen LogP contribution in [-0.4, -0.2) is 75.4 Å². The monoisotopic (exact) mass is 594 g/mol. The number of benzene rings is 2. The number of fused-ring (bicyclic) bond motifs is 7. The minimum atomic E-state index is -0.697. The lowest BCUT2D eigenvalue weighted by Gasteiger charge is -2.35. The standard InChI is InChI=1S/C34H32F2N6O2/c1-2-23-27(35)7-4-18-10-22(43)12-24(28(18)23)30-29(36)31-25(13-37-30)32(41-15-20-5-6-21(16-41)38-20)40-33(39-31)44-17-34-8-3-9-42(34)14-19-11-26(19)34/h1,4,7,10,12-13,19-21,26,38,43H,3,5-6,8-9,11,14-17H2/t19-,20-,21+,26-,34+/m1/s1. The van der Waals surface area contributed by atoms with Gasteiger partial charge in [-0.2, -0.15) is 9.97 Å². The molecule has 0 unspecified atom stereocenters. The maximum absolute atomic E-state index is 16.8. The zero-order valence-electron chi connectivity index (χ0n) is 24.2. The van der Waals surface area contributed by atoms with Crippen molar-refractivity contribution in [3.8, 4) is 35.4 Å². The average Bonchev–Trinajstić information content (AvgIpc) is 3.39. The molecule has 5 aliphatic rings. The number of hydrogen-bond donors (Lipinski definition) is 2. The molecule has 4 saturated heterocycles. The number of phenolic OH excluding ortho intramolecular Hbond substituents is 1. The van der Waals surface area contributed by atoms with Gasteiger partial charge in [0.1, 0.15) is 35.2 Å². The Labute approximate surface area is 253 Å². The molecule has 224 valence electrons. The third kappa shape index (κ3) is 3.85. The largest absolute Gasteiger partial charge is 0.508 e. The Morgan fingerprint density at radius 2 is 1.98 bits per heavy atom. The number of ether oxygens (including phenoxy) is 1. The Morgan fingerprint density at radius 3 is 2.80 bits per heavy atom. The maximum atomic E-state index is 16.8. The van der Waals surface area contributed by atoms with Crippen molar-refractivity contribution in [3.63, 3.8) is 0 Å². The molecule has 1 aliphatic carbocycles. The summed E-state index contributed by atoms with van der Waals surface area (Å²) in [6.07, 6.45) is 12.9. The number of hydrogen-bond acceptors (Lipinski definition) is 8. The lowest BCUT2D eigenvalue weighted by Crippen LogP contribution is -2.51. The summed E-state index contributed by atoms with van der Waals surface area (Å²) in [7, 11) is 0. The van der Waals surface area contributed by atoms with Crippen LogP contribution in [-0.2, 0) is 0 Å². The summed E-state index contributed by atoms with van der Waals surface area (Å²) in [4.78, 5) is 18.9. The minimum Gasteiger partial charge on any atom is -0.508 e. The molecule has 2 bridgehead atoms. The second-order valence-electron chi connectivity index (χ2n) is 13.3. The molecule has 6 heterocycles. The number of halogens is 2. The third-order valence-electron chi connectivity index (χ3n) is 10.8. The summed E-state index contributed by atoms with van der Waals surface area (Å²) in [5.41, 5.74) is 0.190. The van der Waals surface area contributed by atoms with Crippen LogP contribution in [0.1, 0.15) is 37.7 Å². The maximum Gasteiger partial charge on any atom is 0.319 e. The van der Waals surface area contributed by atoms with E-state index < -0.39 is 11.6 Å². The van der Waals surface area contributed by atoms with Crippen LogP contribution < -0.4 is 15.0 Å². The van der Waals surface area contributed by atoms with Crippen LogP contribution in [0.15, 0.2) is 30.5 Å². The van der Waals surface area contributed by atoms with Crippen LogP contribution in [0.5, 0.6) is 11.8 Å². The van der Waals surface area contributed by atoms with E-state index in [0.29, 0.717) is 46.6 Å². The molecule has 2 aromatic carbocycles. The second kappa shape index (κ2) is 9.46. The summed E-state index contributed by atoms with van der Waals surface area (Å²) in [5.74, 6) is 2.99. The second-order valence-corrected chi connectivity index (χ2v) is 13.3. The molecule has 44 heavy (non-hydrogen) atoms. The molecule has 2 N–H and O–H groups in total. The topological polar surface area (TPSA) is 86.6 Å². The lowest BCUT2D eigenvalue weighted by molar-refractivity contribution is 0.0829. The molecular formula is C34H32F2N6O2. The summed E-state index contributed by atoms with van der Waals surface area (Å²) in [5, 5.41) is 15.5. The van der Waals surface area contributed by atoms with Gasteiger partial charge in [-0.15, -0.1) is 6.42 Å². The predicted molar refractivity (Wildman–Crippen MR) is 163 cm³/mol. The van der Waals surface area contributed by atoms with Gasteiger partial charge in [0.05, 0.1) is 16.5 Å². The molecule has 0 radical (unpaired) electrons. The van der Waals surface area contributed by atoms with Crippen LogP contribution in [0.4, 0.5) is 14.6 Å². The molecule has 4 aliphatic heterocycles. The highest BCUT2D eigenvalue weighted by Gasteiger charge is 2.63. The average molecular weight is 595 g/mol. The predicted octanol–water partition coefficient (Wildman–Crippen LogP) is 4.61. The van der Waals surface area contributed by atoms with Crippen LogP contribution in [0.3, 0.4) is 0 Å². The lowest BCUT2D eigenvalue weighted by atomic mass is 9.92. The summed E-state index contributed by atoms with van der Waals surface area (Å²) in [6.45, 7) is 4.19. The highest BCUT2D eigenvalue weighted by molar-refractivity contribution is 6.03. The van der Waals surface area contributed by atoms with Crippen LogP contribution in [0.25, 0.3) is 32.9 Å². The summed E-state index contributed by atoms with van der Waals surface area (Å²) in [6, 6.07) is 6.43. The molecular weight excluding hydrogens is 562 g/mol. The molecule has 0 amide bonds. The third-order valence-corrected chi connectivity index (χ3v) is 10.8. The van der Waals surface area contributed by atoms with Crippen molar-refractivity contribution >= 4 is 27.5 Å². The number of nitrogens with zero attached hydrogens (tertiary/aromatic N) is 5. The number of nitrogens with one attached hydrogen (secondary N) is 1. The highest BCUT2D eigenvalue weighted by atomic mass is 19.1. The normalized spacial score (nSPS) is 28.8. The molecule has 4 aromatic rings. The van der Waals surface area contributed by atoms with Gasteiger partial charge in [0.15, 0.2) is 5.82 Å². The minimum absolute atomic E-state index is 0.00935. The van der Waals surface area contributed by atoms with Crippen molar-refractivity contribution in [1.29, 1.82) is 0 Å². The van der Waals surface area contributed by atoms with Crippen molar-refractivity contribution in [3.05, 3.63) is 47.7 Å². The quantitative estimate of drug-likeness (QED) is 0.324. The smallest absolute Gasteiger partial charge is 0.319 e. The van der Waals surface area contributed by atoms with Gasteiger partial charge in [0.25, 0.3) is 0 Å². The number of terminal acetylenes is 1. The molecule has 5 fully saturated rings. The van der Waals surface area contributed by atoms with E-state index in [4.69, 9.17) is 16.1 Å². The fourth-order valence-electron chi connectivity index (χ4n) is 8.74. The number of rotatable bonds is 5. The molecule has 5 atom stereocenters. The molecule has 8 nitrogen and oxygen atoms in total. The zero-order chi connectivity index (χ0) is 29.7. The van der Waals surface area contributed by atoms with E-state index in [1.54, 1.807) is 6.20 Å². The Balaban J connectivity index is 1.19. The number of anilines is 1. The highest BCUT2D eigenvalue weighted by Crippen LogP contribution is 2.59. The van der Waals surface area contributed by atoms with Crippen molar-refractivity contribution in [1.82, 2.24) is 25.2 Å². The first-order valence-corrected chi connectivity index (χ1v) is 15.6. The first-order valence-electron chi connectivity index (χ1n) is 15.6. The van der Waals surface area contributed by atoms with E-state index in [9.17, 15) is 9.50 Å². The van der Waals surface area contributed by atoms with Crippen LogP contribution in [0, 0.1) is 35.8 Å². The number of piperazine rings is 1. The van der Waals surface area contributed by atoms with Gasteiger partial charge < -0.3 is 20.1 Å². The molecule has 9 rings (SSSR count). The van der Waals surface area contributed by atoms with Gasteiger partial charge in [-0.3, -0.25) is 9.88 Å². The fourth-order valence-corrected chi connectivity index (χ4v) is 8.74. The van der Waals surface area contributed by atoms with Gasteiger partial charge in [-0.05, 0) is 74.1 Å². The Bertz CT molecular complexity index is 1900. The van der Waals surface area contributed by atoms with Gasteiger partial charge in [-0.1, -0.05) is 12.0 Å². The number of piperidine rings is 1. The number of aromatic nitrogens is 3. The molecule has 2 aromatic heterocycles. The van der Waals surface area contributed by atoms with E-state index in [1.807, 2.05) is 0 Å². The Morgan fingerprint density at radius 1 is 1.14 bits per heavy atom. The van der Waals surface area contributed by atoms with Crippen molar-refractivity contribution < 1.29 is 18.6 Å². The SMILES string of the molecule is C#Cc1c(F)ccc2cc(O)cc(-c3ncc4c(N5C[C@H]6CC[C@@H](C5)N6)nc(OC[C@]56CCCN5C[C@H]5C[C@H]56)nc4c3F)c12. The van der Waals surface area contributed by atoms with E-state index in [0.717, 1.165) is 57.8 Å². The van der Waals surface area contributed by atoms with E-state index in [2.05, 4.69) is 31.0 Å². The van der Waals surface area contributed by atoms with Crippen molar-refractivity contribution in [2.75, 3.05) is 37.7 Å². The molecule has 0 spiro atoms. The van der Waals surface area contributed by atoms with E-state index in [1.165, 1.54) is 30.7 Å². The molecule has 1 saturated carbocycles. The Hall–Kier alpha value is -4.07. The summed E-state index contributed by atoms with van der Waals surface area (Å²) < 4.78 is 38.0. The van der Waals surface area contributed by atoms with Gasteiger partial charge >= 0.3 is 6.01 Å². The first kappa shape index (κ1) is 26.3. The number of pyridine rings is 1. The van der Waals surface area contributed by atoms with Gasteiger partial charge in [0, 0.05) is 48.9 Å². The molecule has 10 heteroatoms. The van der Waals surface area contributed by atoms with Crippen LogP contribution in [0.2, 0.25) is 0 Å². The van der Waals surface area contributed by atoms with Crippen LogP contribution >= 0.6 is 0 Å². The zero-order valence-corrected chi connectivity index (χ0v) is 24.2. The van der Waals surface area contributed by atoms with E-state index in [-0.39, 0.29) is 39.6 Å². The van der Waals surface area contributed by atoms with E-state index >= 15 is 4.39 Å². The van der Waals surface area contributed by atoms with Crippen molar-refractivity contribution in [2.24, 2.45) is 11.8 Å². The Kier molecular flexibility index (Phi) is 5.67.